The molecule has 29 heavy (non-hydrogen) atoms. The highest BCUT2D eigenvalue weighted by atomic mass is 32.2. The number of imide groups is 1. The molecule has 1 aromatic carbocycles. The minimum atomic E-state index is -3.49. The molecule has 0 spiro atoms. The second-order valence-electron chi connectivity index (χ2n) is 7.43. The van der Waals surface area contributed by atoms with Gasteiger partial charge in [0.15, 0.2) is 0 Å². The molecule has 0 aromatic heterocycles. The van der Waals surface area contributed by atoms with E-state index in [1.165, 1.54) is 17.7 Å². The topological polar surface area (TPSA) is 114 Å². The summed E-state index contributed by atoms with van der Waals surface area (Å²) < 4.78 is 38.3. The van der Waals surface area contributed by atoms with Gasteiger partial charge in [0.25, 0.3) is 0 Å². The van der Waals surface area contributed by atoms with E-state index in [4.69, 9.17) is 9.47 Å². The minimum Gasteiger partial charge on any atom is -0.493 e. The smallest absolute Gasteiger partial charge is 0.326 e. The maximum absolute atomic E-state index is 12.3. The Hall–Kier alpha value is -2.17. The predicted octanol–water partition coefficient (Wildman–Crippen LogP) is 1.37. The number of hydrogen-bond donors (Lipinski definition) is 2. The third-order valence-corrected chi connectivity index (χ3v) is 6.25. The Balaban J connectivity index is 1.38. The molecular formula is C19H27N3O6S. The fourth-order valence-corrected chi connectivity index (χ4v) is 4.17. The van der Waals surface area contributed by atoms with Crippen LogP contribution in [0.15, 0.2) is 24.3 Å². The maximum atomic E-state index is 12.3. The van der Waals surface area contributed by atoms with Crippen molar-refractivity contribution in [3.8, 4) is 5.75 Å². The average Bonchev–Trinajstić information content (AvgIpc) is 3.44. The van der Waals surface area contributed by atoms with Crippen molar-refractivity contribution in [1.82, 2.24) is 14.9 Å². The van der Waals surface area contributed by atoms with Gasteiger partial charge in [-0.15, -0.1) is 0 Å². The number of urea groups is 1. The van der Waals surface area contributed by atoms with Gasteiger partial charge in [0.05, 0.1) is 12.4 Å². The first-order valence-electron chi connectivity index (χ1n) is 9.71. The largest absolute Gasteiger partial charge is 0.493 e. The molecule has 0 radical (unpaired) electrons. The van der Waals surface area contributed by atoms with E-state index in [0.29, 0.717) is 12.5 Å². The van der Waals surface area contributed by atoms with Crippen LogP contribution in [-0.4, -0.2) is 57.5 Å². The summed E-state index contributed by atoms with van der Waals surface area (Å²) in [5.74, 6) is 0.928. The lowest BCUT2D eigenvalue weighted by molar-refractivity contribution is -0.118. The van der Waals surface area contributed by atoms with Gasteiger partial charge in [-0.3, -0.25) is 15.0 Å². The molecule has 10 heteroatoms. The van der Waals surface area contributed by atoms with E-state index in [1.54, 1.807) is 6.92 Å². The summed E-state index contributed by atoms with van der Waals surface area (Å²) in [7, 11) is -3.49. The molecule has 0 bridgehead atoms. The van der Waals surface area contributed by atoms with Crippen LogP contribution in [0, 0.1) is 5.92 Å². The summed E-state index contributed by atoms with van der Waals surface area (Å²) in [5.41, 5.74) is 0.836. The first-order valence-corrected chi connectivity index (χ1v) is 11.4. The van der Waals surface area contributed by atoms with Crippen LogP contribution in [-0.2, 0) is 19.6 Å². The summed E-state index contributed by atoms with van der Waals surface area (Å²) in [5, 5.41) is 2.14. The van der Waals surface area contributed by atoms with Crippen LogP contribution in [0.2, 0.25) is 0 Å². The molecule has 1 aliphatic carbocycles. The number of nitrogens with zero attached hydrogens (tertiary/aromatic N) is 1. The summed E-state index contributed by atoms with van der Waals surface area (Å²) in [6.07, 6.45) is 2.70. The summed E-state index contributed by atoms with van der Waals surface area (Å²) in [6.45, 7) is 2.57. The molecule has 1 unspecified atom stereocenters. The fourth-order valence-electron chi connectivity index (χ4n) is 2.88. The number of carbonyl (C=O) groups is 2. The van der Waals surface area contributed by atoms with E-state index in [-0.39, 0.29) is 44.0 Å². The Morgan fingerprint density at radius 2 is 2.10 bits per heavy atom. The molecule has 3 amide bonds. The second-order valence-corrected chi connectivity index (χ2v) is 9.30. The molecule has 9 nitrogen and oxygen atoms in total. The van der Waals surface area contributed by atoms with Gasteiger partial charge in [0, 0.05) is 12.6 Å². The van der Waals surface area contributed by atoms with Crippen molar-refractivity contribution in [2.24, 2.45) is 5.92 Å². The lowest BCUT2D eigenvalue weighted by Crippen LogP contribution is -2.31. The van der Waals surface area contributed by atoms with E-state index in [0.717, 1.165) is 11.3 Å². The van der Waals surface area contributed by atoms with Gasteiger partial charge >= 0.3 is 6.03 Å². The molecule has 1 aromatic rings. The van der Waals surface area contributed by atoms with Gasteiger partial charge in [-0.1, -0.05) is 12.1 Å². The van der Waals surface area contributed by atoms with Crippen molar-refractivity contribution in [2.45, 2.75) is 32.2 Å². The van der Waals surface area contributed by atoms with Gasteiger partial charge in [-0.25, -0.2) is 17.9 Å². The van der Waals surface area contributed by atoms with Crippen LogP contribution in [0.5, 0.6) is 5.75 Å². The first-order chi connectivity index (χ1) is 13.8. The Morgan fingerprint density at radius 1 is 1.31 bits per heavy atom. The van der Waals surface area contributed by atoms with E-state index in [2.05, 4.69) is 10.0 Å². The normalized spacial score (nSPS) is 18.0. The summed E-state index contributed by atoms with van der Waals surface area (Å²) in [6, 6.07) is 6.57. The van der Waals surface area contributed by atoms with Crippen molar-refractivity contribution in [1.29, 1.82) is 0 Å². The van der Waals surface area contributed by atoms with E-state index in [1.807, 2.05) is 24.3 Å². The Morgan fingerprint density at radius 3 is 2.79 bits per heavy atom. The van der Waals surface area contributed by atoms with E-state index >= 15 is 0 Å². The number of carbonyl (C=O) groups excluding carboxylic acids is 2. The van der Waals surface area contributed by atoms with Crippen LogP contribution >= 0.6 is 0 Å². The molecule has 1 saturated heterocycles. The molecule has 1 aliphatic heterocycles. The third kappa shape index (κ3) is 6.98. The van der Waals surface area contributed by atoms with Crippen LogP contribution in [0.25, 0.3) is 0 Å². The van der Waals surface area contributed by atoms with Crippen LogP contribution in [0.4, 0.5) is 4.79 Å². The maximum Gasteiger partial charge on any atom is 0.326 e. The summed E-state index contributed by atoms with van der Waals surface area (Å²) in [4.78, 5) is 23.7. The lowest BCUT2D eigenvalue weighted by Gasteiger charge is -2.16. The number of sulfonamides is 1. The van der Waals surface area contributed by atoms with Crippen molar-refractivity contribution >= 4 is 22.0 Å². The van der Waals surface area contributed by atoms with Crippen molar-refractivity contribution in [3.05, 3.63) is 29.8 Å². The zero-order valence-corrected chi connectivity index (χ0v) is 17.2. The van der Waals surface area contributed by atoms with E-state index < -0.39 is 16.1 Å². The van der Waals surface area contributed by atoms with Crippen LogP contribution in [0.1, 0.15) is 37.8 Å². The zero-order chi connectivity index (χ0) is 20.9. The highest BCUT2D eigenvalue weighted by molar-refractivity contribution is 7.89. The molecule has 2 N–H and O–H groups in total. The number of amides is 3. The van der Waals surface area contributed by atoms with E-state index in [9.17, 15) is 18.0 Å². The molecule has 160 valence electrons. The number of hydrogen-bond acceptors (Lipinski definition) is 6. The highest BCUT2D eigenvalue weighted by Crippen LogP contribution is 2.30. The Labute approximate surface area is 170 Å². The molecular weight excluding hydrogens is 398 g/mol. The van der Waals surface area contributed by atoms with Crippen molar-refractivity contribution in [2.75, 3.05) is 32.2 Å². The van der Waals surface area contributed by atoms with Crippen molar-refractivity contribution < 1.29 is 27.5 Å². The van der Waals surface area contributed by atoms with Gasteiger partial charge in [-0.05, 0) is 49.8 Å². The van der Waals surface area contributed by atoms with Gasteiger partial charge in [-0.2, -0.15) is 0 Å². The molecule has 1 heterocycles. The number of benzene rings is 1. The molecule has 2 aliphatic rings. The average molecular weight is 426 g/mol. The fraction of sp³-hybridized carbons (Fsp3) is 0.579. The molecule has 3 rings (SSSR count). The lowest BCUT2D eigenvalue weighted by atomic mass is 10.1. The highest BCUT2D eigenvalue weighted by Gasteiger charge is 2.26. The second kappa shape index (κ2) is 9.55. The minimum absolute atomic E-state index is 0.0420. The van der Waals surface area contributed by atoms with Gasteiger partial charge in [0.2, 0.25) is 15.9 Å². The Bertz CT molecular complexity index is 840. The predicted molar refractivity (Wildman–Crippen MR) is 106 cm³/mol. The quantitative estimate of drug-likeness (QED) is 0.386. The monoisotopic (exact) mass is 425 g/mol. The molecule has 2 fully saturated rings. The molecule has 1 atom stereocenters. The van der Waals surface area contributed by atoms with Gasteiger partial charge < -0.3 is 9.47 Å². The van der Waals surface area contributed by atoms with Crippen molar-refractivity contribution in [3.63, 3.8) is 0 Å². The molecule has 1 saturated carbocycles. The zero-order valence-electron chi connectivity index (χ0n) is 16.4. The summed E-state index contributed by atoms with van der Waals surface area (Å²) >= 11 is 0. The first kappa shape index (κ1) is 21.5. The van der Waals surface area contributed by atoms with Gasteiger partial charge in [0.1, 0.15) is 19.0 Å². The Kier molecular flexibility index (Phi) is 7.09. The van der Waals surface area contributed by atoms with Crippen LogP contribution in [0.3, 0.4) is 0 Å². The van der Waals surface area contributed by atoms with Crippen LogP contribution < -0.4 is 14.8 Å². The number of rotatable bonds is 12. The number of ether oxygens (including phenoxy) is 2. The standard InChI is InChI=1S/C19H27N3O6S/c1-14(16-4-2-5-17(10-16)28-12-15-6-7-15)21-29(25,26)9-3-8-27-13-22-11-18(23)20-19(22)24/h2,4-5,10,14-15,21H,3,6-9,11-13H2,1H3,(H,20,23,24). The number of nitrogens with one attached hydrogen (secondary N) is 2. The third-order valence-electron chi connectivity index (χ3n) is 4.71. The SMILES string of the molecule is CC(NS(=O)(=O)CCCOCN1CC(=O)NC1=O)c1cccc(OCC2CC2)c1.